The second kappa shape index (κ2) is 26.3. The molecule has 0 aromatic heterocycles. The Morgan fingerprint density at radius 3 is 0.765 bits per heavy atom. The molecule has 0 aliphatic heterocycles. The zero-order valence-corrected chi connectivity index (χ0v) is 15.8. The molecule has 17 heavy (non-hydrogen) atoms. The van der Waals surface area contributed by atoms with E-state index in [-0.39, 0.29) is 115 Å². The SMILES string of the molecule is N.N.O=[N+]([O-])[O-].O=[N+]([O-])[O-].[K+].[K+].[O-][Cl+3]([O-])([O-])O. The summed E-state index contributed by atoms with van der Waals surface area (Å²) in [5.41, 5.74) is 0. The number of hydrogen-bond acceptors (Lipinski definition) is 12. The normalized spacial score (nSPS) is 6.35. The first kappa shape index (κ1) is 42.8. The molecule has 0 bridgehead atoms. The molecule has 0 aliphatic rings. The first-order valence-electron chi connectivity index (χ1n) is 1.73. The maximum atomic E-state index is 8.60. The van der Waals surface area contributed by atoms with E-state index in [2.05, 4.69) is 0 Å². The van der Waals surface area contributed by atoms with Gasteiger partial charge in [-0.15, -0.1) is 0 Å². The van der Waals surface area contributed by atoms with Crippen molar-refractivity contribution in [3.05, 3.63) is 30.6 Å². The van der Waals surface area contributed by atoms with Crippen molar-refractivity contribution in [2.75, 3.05) is 0 Å². The van der Waals surface area contributed by atoms with Crippen LogP contribution in [-0.2, 0) is 0 Å². The molecule has 14 nitrogen and oxygen atoms in total. The smallest absolute Gasteiger partial charge is 0.356 e. The van der Waals surface area contributed by atoms with Crippen molar-refractivity contribution >= 4 is 0 Å². The average Bonchev–Trinajstić information content (AvgIpc) is 1.50. The van der Waals surface area contributed by atoms with Gasteiger partial charge in [0.05, 0.1) is 25.1 Å². The minimum absolute atomic E-state index is 0. The number of hydrogen-bond donors (Lipinski definition) is 3. The van der Waals surface area contributed by atoms with Crippen LogP contribution in [0.5, 0.6) is 0 Å². The second-order valence-corrected chi connectivity index (χ2v) is 1.64. The van der Waals surface area contributed by atoms with Crippen molar-refractivity contribution in [1.82, 2.24) is 12.3 Å². The van der Waals surface area contributed by atoms with Crippen LogP contribution in [-0.4, -0.2) is 14.8 Å². The van der Waals surface area contributed by atoms with Gasteiger partial charge in [-0.05, 0) is 0 Å². The second-order valence-electron chi connectivity index (χ2n) is 0.843. The Labute approximate surface area is 181 Å². The minimum atomic E-state index is -4.69. The molecule has 0 aromatic rings. The summed E-state index contributed by atoms with van der Waals surface area (Å²) >= 11 is 0. The van der Waals surface area contributed by atoms with E-state index < -0.39 is 20.4 Å². The third-order valence-corrected chi connectivity index (χ3v) is 0. The molecule has 0 saturated heterocycles. The summed E-state index contributed by atoms with van der Waals surface area (Å²) in [6.45, 7) is 0. The van der Waals surface area contributed by atoms with E-state index in [9.17, 15) is 0 Å². The molecule has 0 fully saturated rings. The van der Waals surface area contributed by atoms with Gasteiger partial charge in [0.2, 0.25) is 0 Å². The van der Waals surface area contributed by atoms with E-state index in [4.69, 9.17) is 49.3 Å². The van der Waals surface area contributed by atoms with Crippen LogP contribution in [0, 0.1) is 40.9 Å². The molecule has 0 rings (SSSR count). The predicted molar refractivity (Wildman–Crippen MR) is 33.0 cm³/mol. The van der Waals surface area contributed by atoms with Gasteiger partial charge in [0.1, 0.15) is 0 Å². The summed E-state index contributed by atoms with van der Waals surface area (Å²) < 4.78 is 32.7. The molecule has 0 saturated carbocycles. The number of rotatable bonds is 0. The molecule has 0 heterocycles. The topological polar surface area (TPSA) is 292 Å². The van der Waals surface area contributed by atoms with Crippen LogP contribution >= 0.6 is 0 Å². The first-order valence-corrected chi connectivity index (χ1v) is 2.99. The van der Waals surface area contributed by atoms with Crippen molar-refractivity contribution in [2.45, 2.75) is 0 Å². The summed E-state index contributed by atoms with van der Waals surface area (Å²) in [5, 5.41) is 29.5. The van der Waals surface area contributed by atoms with Gasteiger partial charge in [0, 0.05) is 0 Å². The van der Waals surface area contributed by atoms with E-state index >= 15 is 0 Å². The predicted octanol–water partition coefficient (Wildman–Crippen LogP) is -10.3. The third kappa shape index (κ3) is 1480. The molecule has 7 N–H and O–H groups in total. The molecular weight excluding hydrogens is 330 g/mol. The fraction of sp³-hybridized carbons (Fsp3) is 0. The quantitative estimate of drug-likeness (QED) is 0.211. The van der Waals surface area contributed by atoms with Crippen LogP contribution in [0.1, 0.15) is 0 Å². The van der Waals surface area contributed by atoms with Gasteiger partial charge in [-0.25, -0.2) is 0 Å². The summed E-state index contributed by atoms with van der Waals surface area (Å²) in [4.78, 5) is 16.5. The molecule has 0 amide bonds. The van der Waals surface area contributed by atoms with Crippen LogP contribution < -0.4 is 129 Å². The zero-order chi connectivity index (χ0) is 11.7. The van der Waals surface area contributed by atoms with Crippen molar-refractivity contribution in [1.29, 1.82) is 0 Å². The molecule has 0 aromatic carbocycles. The summed E-state index contributed by atoms with van der Waals surface area (Å²) in [7, 11) is -4.69. The van der Waals surface area contributed by atoms with Crippen LogP contribution in [0.15, 0.2) is 0 Å². The van der Waals surface area contributed by atoms with Crippen LogP contribution in [0.4, 0.5) is 0 Å². The first-order chi connectivity index (χ1) is 5.46. The monoisotopic (exact) mass is 336 g/mol. The van der Waals surface area contributed by atoms with Gasteiger partial charge in [-0.1, -0.05) is 0 Å². The average molecular weight is 337 g/mol. The maximum absolute atomic E-state index is 8.60. The number of halogens is 1. The third-order valence-electron chi connectivity index (χ3n) is 0. The van der Waals surface area contributed by atoms with Crippen LogP contribution in [0.25, 0.3) is 0 Å². The molecule has 0 radical (unpaired) electrons. The molecule has 0 aliphatic carbocycles. The van der Waals surface area contributed by atoms with E-state index in [1.165, 1.54) is 0 Å². The Balaban J connectivity index is -0.0000000159. The zero-order valence-electron chi connectivity index (χ0n) is 8.81. The molecule has 0 spiro atoms. The number of nitrogens with zero attached hydrogens (tertiary/aromatic N) is 2. The maximum Gasteiger partial charge on any atom is 1.00 e. The van der Waals surface area contributed by atoms with E-state index in [1.54, 1.807) is 0 Å². The fourth-order valence-electron chi connectivity index (χ4n) is 0. The molecule has 0 unspecified atom stereocenters. The molecular formula is H7ClK2N4O10. The van der Waals surface area contributed by atoms with Crippen molar-refractivity contribution in [2.24, 2.45) is 0 Å². The fourth-order valence-corrected chi connectivity index (χ4v) is 0. The Bertz CT molecular complexity index is 133. The van der Waals surface area contributed by atoms with E-state index in [0.717, 1.165) is 0 Å². The van der Waals surface area contributed by atoms with Gasteiger partial charge in [-0.2, -0.15) is 14.0 Å². The van der Waals surface area contributed by atoms with Gasteiger partial charge in [0.25, 0.3) is 0 Å². The van der Waals surface area contributed by atoms with Gasteiger partial charge in [-0.3, -0.25) is 0 Å². The largest absolute Gasteiger partial charge is 1.00 e. The van der Waals surface area contributed by atoms with Crippen molar-refractivity contribution in [3.63, 3.8) is 0 Å². The van der Waals surface area contributed by atoms with Gasteiger partial charge < -0.3 is 42.9 Å². The van der Waals surface area contributed by atoms with Crippen molar-refractivity contribution in [3.8, 4) is 0 Å². The minimum Gasteiger partial charge on any atom is -0.356 e. The van der Waals surface area contributed by atoms with Crippen LogP contribution in [0.2, 0.25) is 0 Å². The standard InChI is InChI=1S/ClHO4.2K.2NO3.2H3N/c2-1(3,4)5;;;2*2-1(3)4;;/h(H,2,3,4,5);;;;;2*1H3/q;2*+1;2*-1;;. The molecule has 17 heteroatoms. The van der Waals surface area contributed by atoms with Gasteiger partial charge in [0.15, 0.2) is 0 Å². The van der Waals surface area contributed by atoms with Crippen molar-refractivity contribution < 1.29 is 142 Å². The molecule has 0 atom stereocenters. The Kier molecular flexibility index (Phi) is 66.3. The van der Waals surface area contributed by atoms with E-state index in [1.807, 2.05) is 0 Å². The van der Waals surface area contributed by atoms with Gasteiger partial charge >= 0.3 is 103 Å². The summed E-state index contributed by atoms with van der Waals surface area (Å²) in [5.74, 6) is 0. The van der Waals surface area contributed by atoms with Crippen LogP contribution in [0.3, 0.4) is 0 Å². The Morgan fingerprint density at radius 1 is 0.765 bits per heavy atom. The Hall–Kier alpha value is 1.72. The summed E-state index contributed by atoms with van der Waals surface area (Å²) in [6.07, 6.45) is 0. The van der Waals surface area contributed by atoms with E-state index in [0.29, 0.717) is 0 Å². The molecule has 96 valence electrons. The Morgan fingerprint density at radius 2 is 0.765 bits per heavy atom. The summed E-state index contributed by atoms with van der Waals surface area (Å²) in [6, 6.07) is 0.